The van der Waals surface area contributed by atoms with Crippen LogP contribution in [0.1, 0.15) is 45.2 Å². The topological polar surface area (TPSA) is 26.0 Å². The van der Waals surface area contributed by atoms with Gasteiger partial charge in [-0.05, 0) is 61.4 Å². The zero-order valence-electron chi connectivity index (χ0n) is 11.5. The van der Waals surface area contributed by atoms with Gasteiger partial charge in [0.25, 0.3) is 0 Å². The molecule has 1 heterocycles. The molecule has 1 nitrogen and oxygen atoms in total. The van der Waals surface area contributed by atoms with Crippen LogP contribution in [0.4, 0.5) is 0 Å². The molecule has 0 bridgehead atoms. The molecular weight excluding hydrogens is 250 g/mol. The van der Waals surface area contributed by atoms with Crippen LogP contribution in [0.5, 0.6) is 0 Å². The van der Waals surface area contributed by atoms with E-state index < -0.39 is 0 Å². The van der Waals surface area contributed by atoms with Crippen LogP contribution in [0.25, 0.3) is 0 Å². The maximum absolute atomic E-state index is 6.03. The largest absolute Gasteiger partial charge is 0.329 e. The third-order valence-corrected chi connectivity index (χ3v) is 5.23. The van der Waals surface area contributed by atoms with Gasteiger partial charge >= 0.3 is 0 Å². The average Bonchev–Trinajstić information content (AvgIpc) is 2.86. The quantitative estimate of drug-likeness (QED) is 0.896. The first-order valence-corrected chi connectivity index (χ1v) is 7.97. The molecule has 0 spiro atoms. The van der Waals surface area contributed by atoms with E-state index in [4.69, 9.17) is 5.73 Å². The Morgan fingerprint density at radius 3 is 2.58 bits per heavy atom. The second-order valence-electron chi connectivity index (χ2n) is 5.47. The Kier molecular flexibility index (Phi) is 3.72. The van der Waals surface area contributed by atoms with E-state index in [-0.39, 0.29) is 0 Å². The van der Waals surface area contributed by atoms with Crippen LogP contribution in [0, 0.1) is 6.92 Å². The summed E-state index contributed by atoms with van der Waals surface area (Å²) in [6, 6.07) is 11.4. The fraction of sp³-hybridized carbons (Fsp3) is 0.412. The molecule has 1 aliphatic carbocycles. The van der Waals surface area contributed by atoms with Gasteiger partial charge < -0.3 is 5.73 Å². The molecule has 0 radical (unpaired) electrons. The summed E-state index contributed by atoms with van der Waals surface area (Å²) < 4.78 is 0. The van der Waals surface area contributed by atoms with E-state index in [1.165, 1.54) is 41.0 Å². The van der Waals surface area contributed by atoms with Crippen molar-refractivity contribution in [3.8, 4) is 0 Å². The van der Waals surface area contributed by atoms with Crippen LogP contribution in [-0.2, 0) is 12.8 Å². The number of hydrogen-bond acceptors (Lipinski definition) is 2. The molecule has 1 aromatic carbocycles. The average molecular weight is 271 g/mol. The molecule has 1 aliphatic rings. The Hall–Kier alpha value is -1.12. The molecule has 2 aromatic rings. The SMILES string of the molecule is Cc1ccc(C(CN)c2ccc3c(c2)CCCC3)s1. The summed E-state index contributed by atoms with van der Waals surface area (Å²) in [4.78, 5) is 2.77. The fourth-order valence-electron chi connectivity index (χ4n) is 3.03. The van der Waals surface area contributed by atoms with E-state index >= 15 is 0 Å². The minimum Gasteiger partial charge on any atom is -0.329 e. The Balaban J connectivity index is 1.95. The van der Waals surface area contributed by atoms with Crippen molar-refractivity contribution in [3.05, 3.63) is 56.8 Å². The van der Waals surface area contributed by atoms with Gasteiger partial charge in [0, 0.05) is 22.2 Å². The number of rotatable bonds is 3. The first-order valence-electron chi connectivity index (χ1n) is 7.16. The number of nitrogens with two attached hydrogens (primary N) is 1. The second kappa shape index (κ2) is 5.48. The van der Waals surface area contributed by atoms with Crippen molar-refractivity contribution in [2.75, 3.05) is 6.54 Å². The van der Waals surface area contributed by atoms with Gasteiger partial charge in [0.1, 0.15) is 0 Å². The Morgan fingerprint density at radius 2 is 1.89 bits per heavy atom. The molecule has 1 aromatic heterocycles. The minimum absolute atomic E-state index is 0.367. The van der Waals surface area contributed by atoms with Gasteiger partial charge in [-0.1, -0.05) is 18.2 Å². The van der Waals surface area contributed by atoms with Crippen molar-refractivity contribution in [3.63, 3.8) is 0 Å². The van der Waals surface area contributed by atoms with Crippen LogP contribution in [0.2, 0.25) is 0 Å². The van der Waals surface area contributed by atoms with E-state index in [2.05, 4.69) is 37.3 Å². The maximum Gasteiger partial charge on any atom is 0.0306 e. The van der Waals surface area contributed by atoms with E-state index in [9.17, 15) is 0 Å². The lowest BCUT2D eigenvalue weighted by Crippen LogP contribution is -2.14. The van der Waals surface area contributed by atoms with Gasteiger partial charge in [-0.3, -0.25) is 0 Å². The summed E-state index contributed by atoms with van der Waals surface area (Å²) >= 11 is 1.87. The molecule has 0 saturated carbocycles. The molecule has 0 fully saturated rings. The molecule has 0 saturated heterocycles. The normalized spacial score (nSPS) is 16.1. The van der Waals surface area contributed by atoms with Crippen molar-refractivity contribution < 1.29 is 0 Å². The first-order chi connectivity index (χ1) is 9.28. The van der Waals surface area contributed by atoms with Gasteiger partial charge in [0.2, 0.25) is 0 Å². The van der Waals surface area contributed by atoms with Gasteiger partial charge in [0.05, 0.1) is 0 Å². The summed E-state index contributed by atoms with van der Waals surface area (Å²) in [7, 11) is 0. The van der Waals surface area contributed by atoms with Crippen molar-refractivity contribution in [2.24, 2.45) is 5.73 Å². The van der Waals surface area contributed by atoms with E-state index in [0.29, 0.717) is 12.5 Å². The Morgan fingerprint density at radius 1 is 1.11 bits per heavy atom. The number of aryl methyl sites for hydroxylation is 3. The highest BCUT2D eigenvalue weighted by atomic mass is 32.1. The smallest absolute Gasteiger partial charge is 0.0306 e. The molecule has 0 aliphatic heterocycles. The highest BCUT2D eigenvalue weighted by molar-refractivity contribution is 7.12. The third-order valence-electron chi connectivity index (χ3n) is 4.12. The standard InChI is InChI=1S/C17H21NS/c1-12-6-9-17(19-12)16(11-18)15-8-7-13-4-2-3-5-14(13)10-15/h6-10,16H,2-5,11,18H2,1H3. The van der Waals surface area contributed by atoms with Gasteiger partial charge in [0.15, 0.2) is 0 Å². The third kappa shape index (κ3) is 2.60. The molecular formula is C17H21NS. The van der Waals surface area contributed by atoms with Gasteiger partial charge in [-0.25, -0.2) is 0 Å². The van der Waals surface area contributed by atoms with Crippen LogP contribution >= 0.6 is 11.3 Å². The molecule has 3 rings (SSSR count). The summed E-state index contributed by atoms with van der Waals surface area (Å²) in [5, 5.41) is 0. The zero-order valence-corrected chi connectivity index (χ0v) is 12.3. The fourth-order valence-corrected chi connectivity index (χ4v) is 4.05. The predicted molar refractivity (Wildman–Crippen MR) is 83.0 cm³/mol. The molecule has 2 N–H and O–H groups in total. The lowest BCUT2D eigenvalue weighted by Gasteiger charge is -2.20. The molecule has 100 valence electrons. The minimum atomic E-state index is 0.367. The van der Waals surface area contributed by atoms with Crippen LogP contribution < -0.4 is 5.73 Å². The monoisotopic (exact) mass is 271 g/mol. The van der Waals surface area contributed by atoms with Gasteiger partial charge in [-0.15, -0.1) is 11.3 Å². The first kappa shape index (κ1) is 12.9. The van der Waals surface area contributed by atoms with Crippen LogP contribution in [0.3, 0.4) is 0 Å². The molecule has 0 amide bonds. The van der Waals surface area contributed by atoms with Crippen molar-refractivity contribution >= 4 is 11.3 Å². The maximum atomic E-state index is 6.03. The number of thiophene rings is 1. The lowest BCUT2D eigenvalue weighted by atomic mass is 9.87. The summed E-state index contributed by atoms with van der Waals surface area (Å²) in [6.07, 6.45) is 5.17. The van der Waals surface area contributed by atoms with Crippen LogP contribution in [-0.4, -0.2) is 6.54 Å². The number of hydrogen-bond donors (Lipinski definition) is 1. The molecule has 1 atom stereocenters. The van der Waals surface area contributed by atoms with Crippen LogP contribution in [0.15, 0.2) is 30.3 Å². The highest BCUT2D eigenvalue weighted by Gasteiger charge is 2.17. The van der Waals surface area contributed by atoms with E-state index in [0.717, 1.165) is 0 Å². The van der Waals surface area contributed by atoms with Crippen molar-refractivity contribution in [1.29, 1.82) is 0 Å². The van der Waals surface area contributed by atoms with Crippen molar-refractivity contribution in [1.82, 2.24) is 0 Å². The zero-order chi connectivity index (χ0) is 13.2. The Bertz CT molecular complexity index is 570. The highest BCUT2D eigenvalue weighted by Crippen LogP contribution is 2.32. The second-order valence-corrected chi connectivity index (χ2v) is 6.79. The van der Waals surface area contributed by atoms with E-state index in [1.54, 1.807) is 11.1 Å². The molecule has 2 heteroatoms. The molecule has 19 heavy (non-hydrogen) atoms. The summed E-state index contributed by atoms with van der Waals surface area (Å²) in [5.41, 5.74) is 10.5. The van der Waals surface area contributed by atoms with Crippen molar-refractivity contribution in [2.45, 2.75) is 38.5 Å². The Labute approximate surface area is 119 Å². The number of fused-ring (bicyclic) bond motifs is 1. The number of benzene rings is 1. The van der Waals surface area contributed by atoms with Gasteiger partial charge in [-0.2, -0.15) is 0 Å². The molecule has 1 unspecified atom stereocenters. The van der Waals surface area contributed by atoms with E-state index in [1.807, 2.05) is 11.3 Å². The lowest BCUT2D eigenvalue weighted by molar-refractivity contribution is 0.682. The summed E-state index contributed by atoms with van der Waals surface area (Å²) in [5.74, 6) is 0.367. The summed E-state index contributed by atoms with van der Waals surface area (Å²) in [6.45, 7) is 2.85. The predicted octanol–water partition coefficient (Wildman–Crippen LogP) is 4.03.